The smallest absolute Gasteiger partial charge is 0.0804 e. The lowest BCUT2D eigenvalue weighted by Crippen LogP contribution is -2.73. The second-order valence-electron chi connectivity index (χ2n) is 8.32. The zero-order valence-corrected chi connectivity index (χ0v) is 15.2. The molecule has 134 valence electrons. The van der Waals surface area contributed by atoms with Gasteiger partial charge in [0.25, 0.3) is 0 Å². The molecule has 3 rings (SSSR count). The Hall–Kier alpha value is -0.200. The predicted molar refractivity (Wildman–Crippen MR) is 92.7 cm³/mol. The Morgan fingerprint density at radius 3 is 2.48 bits per heavy atom. The monoisotopic (exact) mass is 325 g/mol. The Morgan fingerprint density at radius 1 is 1.22 bits per heavy atom. The number of piperidine rings is 1. The second kappa shape index (κ2) is 6.96. The zero-order valence-electron chi connectivity index (χ0n) is 15.2. The third kappa shape index (κ3) is 3.31. The van der Waals surface area contributed by atoms with Crippen molar-refractivity contribution < 1.29 is 9.84 Å². The van der Waals surface area contributed by atoms with Crippen LogP contribution in [0, 0.1) is 5.92 Å². The number of hydrogen-bond donors (Lipinski definition) is 2. The van der Waals surface area contributed by atoms with E-state index in [0.29, 0.717) is 12.6 Å². The van der Waals surface area contributed by atoms with Crippen LogP contribution in [0.5, 0.6) is 0 Å². The van der Waals surface area contributed by atoms with Crippen LogP contribution in [0.1, 0.15) is 39.0 Å². The molecule has 3 fully saturated rings. The van der Waals surface area contributed by atoms with E-state index in [0.717, 1.165) is 19.1 Å². The third-order valence-corrected chi connectivity index (χ3v) is 6.97. The second-order valence-corrected chi connectivity index (χ2v) is 8.32. The molecular formula is C18H35N3O2. The van der Waals surface area contributed by atoms with Crippen molar-refractivity contribution in [2.75, 3.05) is 53.6 Å². The number of likely N-dealkylation sites (N-methyl/N-ethyl adjacent to an activating group) is 1. The van der Waals surface area contributed by atoms with E-state index in [4.69, 9.17) is 4.74 Å². The molecule has 1 saturated carbocycles. The molecule has 5 nitrogen and oxygen atoms in total. The van der Waals surface area contributed by atoms with E-state index in [-0.39, 0.29) is 17.7 Å². The highest BCUT2D eigenvalue weighted by Crippen LogP contribution is 2.43. The molecular weight excluding hydrogens is 290 g/mol. The Balaban J connectivity index is 1.58. The Bertz CT molecular complexity index is 394. The molecule has 23 heavy (non-hydrogen) atoms. The van der Waals surface area contributed by atoms with Crippen molar-refractivity contribution in [3.05, 3.63) is 0 Å². The lowest BCUT2D eigenvalue weighted by atomic mass is 9.72. The van der Waals surface area contributed by atoms with Gasteiger partial charge in [0.15, 0.2) is 0 Å². The minimum Gasteiger partial charge on any atom is -0.394 e. The third-order valence-electron chi connectivity index (χ3n) is 6.97. The SMILES string of the molecule is CC(NCC1(CO)COCC2(CCC2)N1C)C1CCN(C)CC1. The number of hydrogen-bond acceptors (Lipinski definition) is 5. The van der Waals surface area contributed by atoms with E-state index in [9.17, 15) is 5.11 Å². The molecule has 0 aromatic rings. The molecule has 1 aliphatic carbocycles. The summed E-state index contributed by atoms with van der Waals surface area (Å²) in [7, 11) is 4.40. The Kier molecular flexibility index (Phi) is 5.33. The average Bonchev–Trinajstić information content (AvgIpc) is 2.53. The summed E-state index contributed by atoms with van der Waals surface area (Å²) in [5.74, 6) is 0.745. The van der Waals surface area contributed by atoms with Crippen LogP contribution in [0.4, 0.5) is 0 Å². The fourth-order valence-corrected chi connectivity index (χ4v) is 4.62. The first-order chi connectivity index (χ1) is 11.0. The molecule has 0 aromatic heterocycles. The fourth-order valence-electron chi connectivity index (χ4n) is 4.62. The van der Waals surface area contributed by atoms with Crippen molar-refractivity contribution >= 4 is 0 Å². The summed E-state index contributed by atoms with van der Waals surface area (Å²) in [5, 5.41) is 13.9. The van der Waals surface area contributed by atoms with Crippen LogP contribution in [-0.2, 0) is 4.74 Å². The highest BCUT2D eigenvalue weighted by atomic mass is 16.5. The molecule has 0 aromatic carbocycles. The van der Waals surface area contributed by atoms with E-state index < -0.39 is 0 Å². The van der Waals surface area contributed by atoms with E-state index in [2.05, 4.69) is 36.1 Å². The van der Waals surface area contributed by atoms with Gasteiger partial charge in [0, 0.05) is 18.1 Å². The maximum Gasteiger partial charge on any atom is 0.0804 e. The van der Waals surface area contributed by atoms with Crippen LogP contribution in [0.15, 0.2) is 0 Å². The average molecular weight is 325 g/mol. The lowest BCUT2D eigenvalue weighted by Gasteiger charge is -2.59. The van der Waals surface area contributed by atoms with E-state index in [1.165, 1.54) is 45.2 Å². The summed E-state index contributed by atoms with van der Waals surface area (Å²) < 4.78 is 5.95. The summed E-state index contributed by atoms with van der Waals surface area (Å²) in [5.41, 5.74) is -0.0855. The van der Waals surface area contributed by atoms with Gasteiger partial charge in [-0.3, -0.25) is 4.90 Å². The number of nitrogens with one attached hydrogen (secondary N) is 1. The molecule has 2 aliphatic heterocycles. The van der Waals surface area contributed by atoms with Crippen molar-refractivity contribution in [3.63, 3.8) is 0 Å². The maximum absolute atomic E-state index is 10.2. The molecule has 2 saturated heterocycles. The van der Waals surface area contributed by atoms with Crippen LogP contribution >= 0.6 is 0 Å². The van der Waals surface area contributed by atoms with Crippen LogP contribution in [0.25, 0.3) is 0 Å². The van der Waals surface area contributed by atoms with Crippen molar-refractivity contribution in [2.45, 2.75) is 56.1 Å². The van der Waals surface area contributed by atoms with Gasteiger partial charge in [0.2, 0.25) is 0 Å². The molecule has 2 heterocycles. The summed E-state index contributed by atoms with van der Waals surface area (Å²) in [6, 6.07) is 0.500. The number of ether oxygens (including phenoxy) is 1. The fraction of sp³-hybridized carbons (Fsp3) is 1.00. The van der Waals surface area contributed by atoms with Gasteiger partial charge in [-0.2, -0.15) is 0 Å². The van der Waals surface area contributed by atoms with Gasteiger partial charge < -0.3 is 20.1 Å². The maximum atomic E-state index is 10.2. The standard InChI is InChI=1S/C18H35N3O2/c1-15(16-5-9-20(2)10-6-16)19-11-18(12-22)14-23-13-17(21(18)3)7-4-8-17/h15-16,19,22H,4-14H2,1-3H3. The number of aliphatic hydroxyl groups is 1. The van der Waals surface area contributed by atoms with Gasteiger partial charge in [0.05, 0.1) is 25.4 Å². The molecule has 5 heteroatoms. The molecule has 0 radical (unpaired) electrons. The predicted octanol–water partition coefficient (Wildman–Crippen LogP) is 0.922. The summed E-state index contributed by atoms with van der Waals surface area (Å²) in [4.78, 5) is 4.86. The number of rotatable bonds is 5. The largest absolute Gasteiger partial charge is 0.394 e. The van der Waals surface area contributed by atoms with Crippen LogP contribution < -0.4 is 5.32 Å². The summed E-state index contributed by atoms with van der Waals surface area (Å²) >= 11 is 0. The van der Waals surface area contributed by atoms with Crippen molar-refractivity contribution in [1.82, 2.24) is 15.1 Å². The summed E-state index contributed by atoms with van der Waals surface area (Å²) in [6.45, 7) is 7.16. The van der Waals surface area contributed by atoms with Gasteiger partial charge >= 0.3 is 0 Å². The number of nitrogens with zero attached hydrogens (tertiary/aromatic N) is 2. The number of likely N-dealkylation sites (tertiary alicyclic amines) is 1. The molecule has 0 amide bonds. The first kappa shape index (κ1) is 17.6. The molecule has 3 aliphatic rings. The molecule has 1 spiro atoms. The molecule has 0 bridgehead atoms. The van der Waals surface area contributed by atoms with Crippen LogP contribution in [0.3, 0.4) is 0 Å². The van der Waals surface area contributed by atoms with E-state index in [1.807, 2.05) is 0 Å². The molecule has 2 unspecified atom stereocenters. The minimum absolute atomic E-state index is 0.165. The van der Waals surface area contributed by atoms with Crippen LogP contribution in [-0.4, -0.2) is 85.6 Å². The molecule has 2 N–H and O–H groups in total. The van der Waals surface area contributed by atoms with Crippen molar-refractivity contribution in [2.24, 2.45) is 5.92 Å². The highest BCUT2D eigenvalue weighted by Gasteiger charge is 2.53. The first-order valence-electron chi connectivity index (χ1n) is 9.36. The lowest BCUT2D eigenvalue weighted by molar-refractivity contribution is -0.180. The van der Waals surface area contributed by atoms with Crippen LogP contribution in [0.2, 0.25) is 0 Å². The zero-order chi connectivity index (χ0) is 16.5. The van der Waals surface area contributed by atoms with E-state index >= 15 is 0 Å². The Morgan fingerprint density at radius 2 is 1.91 bits per heavy atom. The Labute approximate surface area is 141 Å². The van der Waals surface area contributed by atoms with Gasteiger partial charge in [-0.25, -0.2) is 0 Å². The first-order valence-corrected chi connectivity index (χ1v) is 9.36. The van der Waals surface area contributed by atoms with Gasteiger partial charge in [-0.05, 0) is 72.1 Å². The quantitative estimate of drug-likeness (QED) is 0.787. The topological polar surface area (TPSA) is 48.0 Å². The van der Waals surface area contributed by atoms with Crippen molar-refractivity contribution in [3.8, 4) is 0 Å². The minimum atomic E-state index is -0.265. The van der Waals surface area contributed by atoms with Gasteiger partial charge in [-0.15, -0.1) is 0 Å². The van der Waals surface area contributed by atoms with Crippen molar-refractivity contribution in [1.29, 1.82) is 0 Å². The molecule has 2 atom stereocenters. The highest BCUT2D eigenvalue weighted by molar-refractivity contribution is 5.08. The number of aliphatic hydroxyl groups excluding tert-OH is 1. The normalized spacial score (nSPS) is 34.4. The van der Waals surface area contributed by atoms with E-state index in [1.54, 1.807) is 0 Å². The van der Waals surface area contributed by atoms with Gasteiger partial charge in [-0.1, -0.05) is 0 Å². The summed E-state index contributed by atoms with van der Waals surface area (Å²) in [6.07, 6.45) is 6.24. The number of morpholine rings is 1. The van der Waals surface area contributed by atoms with Gasteiger partial charge in [0.1, 0.15) is 0 Å².